The van der Waals surface area contributed by atoms with Gasteiger partial charge in [0.1, 0.15) is 0 Å². The zero-order valence-electron chi connectivity index (χ0n) is 10.8. The summed E-state index contributed by atoms with van der Waals surface area (Å²) >= 11 is 2.08. The number of thioether (sulfide) groups is 1. The van der Waals surface area contributed by atoms with Crippen LogP contribution in [0.4, 0.5) is 5.69 Å². The molecular weight excluding hydrogens is 228 g/mol. The highest BCUT2D eigenvalue weighted by atomic mass is 32.2. The summed E-state index contributed by atoms with van der Waals surface area (Å²) in [5.41, 5.74) is 2.60. The number of para-hydroxylation sites is 1. The van der Waals surface area contributed by atoms with E-state index in [1.165, 1.54) is 29.3 Å². The standard InChI is InChI=1S/C14H22N2S/c1-12-5-3-4-6-14(12)15-7-8-16-9-10-17-11-13(16)2/h3-6,13,15H,7-11H2,1-2H3. The molecule has 1 aliphatic rings. The molecule has 1 aromatic carbocycles. The molecule has 1 heterocycles. The molecule has 1 aromatic rings. The monoisotopic (exact) mass is 250 g/mol. The van der Waals surface area contributed by atoms with Crippen LogP contribution in [0.3, 0.4) is 0 Å². The Balaban J connectivity index is 1.77. The van der Waals surface area contributed by atoms with Crippen LogP contribution in [0.15, 0.2) is 24.3 Å². The molecule has 0 bridgehead atoms. The Labute approximate surface area is 109 Å². The smallest absolute Gasteiger partial charge is 0.0370 e. The minimum Gasteiger partial charge on any atom is -0.384 e. The van der Waals surface area contributed by atoms with Crippen molar-refractivity contribution in [1.82, 2.24) is 4.90 Å². The van der Waals surface area contributed by atoms with Crippen molar-refractivity contribution in [3.05, 3.63) is 29.8 Å². The number of anilines is 1. The zero-order valence-corrected chi connectivity index (χ0v) is 11.6. The molecular formula is C14H22N2S. The lowest BCUT2D eigenvalue weighted by molar-refractivity contribution is 0.242. The summed E-state index contributed by atoms with van der Waals surface area (Å²) in [6, 6.07) is 9.22. The van der Waals surface area contributed by atoms with Gasteiger partial charge < -0.3 is 5.32 Å². The first kappa shape index (κ1) is 12.8. The van der Waals surface area contributed by atoms with Crippen molar-refractivity contribution in [3.8, 4) is 0 Å². The van der Waals surface area contributed by atoms with Gasteiger partial charge in [-0.25, -0.2) is 0 Å². The van der Waals surface area contributed by atoms with E-state index in [2.05, 4.69) is 60.1 Å². The molecule has 1 unspecified atom stereocenters. The van der Waals surface area contributed by atoms with Crippen molar-refractivity contribution in [1.29, 1.82) is 0 Å². The van der Waals surface area contributed by atoms with Crippen LogP contribution in [0.25, 0.3) is 0 Å². The molecule has 1 N–H and O–H groups in total. The van der Waals surface area contributed by atoms with Gasteiger partial charge >= 0.3 is 0 Å². The maximum Gasteiger partial charge on any atom is 0.0370 e. The van der Waals surface area contributed by atoms with Crippen molar-refractivity contribution in [2.45, 2.75) is 19.9 Å². The molecule has 1 fully saturated rings. The lowest BCUT2D eigenvalue weighted by Gasteiger charge is -2.33. The Morgan fingerprint density at radius 3 is 3.00 bits per heavy atom. The van der Waals surface area contributed by atoms with E-state index >= 15 is 0 Å². The third-order valence-corrected chi connectivity index (χ3v) is 4.55. The molecule has 94 valence electrons. The number of nitrogens with zero attached hydrogens (tertiary/aromatic N) is 1. The van der Waals surface area contributed by atoms with E-state index in [1.54, 1.807) is 0 Å². The lowest BCUT2D eigenvalue weighted by atomic mass is 10.2. The minimum absolute atomic E-state index is 0.729. The Morgan fingerprint density at radius 1 is 1.41 bits per heavy atom. The fraction of sp³-hybridized carbons (Fsp3) is 0.571. The average Bonchev–Trinajstić information content (AvgIpc) is 2.34. The molecule has 0 amide bonds. The summed E-state index contributed by atoms with van der Waals surface area (Å²) in [4.78, 5) is 2.59. The molecule has 0 aromatic heterocycles. The first-order valence-corrected chi connectivity index (χ1v) is 7.54. The van der Waals surface area contributed by atoms with Gasteiger partial charge in [0.15, 0.2) is 0 Å². The molecule has 1 atom stereocenters. The van der Waals surface area contributed by atoms with Crippen LogP contribution in [-0.4, -0.2) is 42.1 Å². The van der Waals surface area contributed by atoms with Crippen LogP contribution < -0.4 is 5.32 Å². The highest BCUT2D eigenvalue weighted by Crippen LogP contribution is 2.16. The van der Waals surface area contributed by atoms with Crippen LogP contribution in [0.1, 0.15) is 12.5 Å². The fourth-order valence-corrected chi connectivity index (χ4v) is 3.28. The van der Waals surface area contributed by atoms with E-state index in [4.69, 9.17) is 0 Å². The molecule has 0 radical (unpaired) electrons. The highest BCUT2D eigenvalue weighted by molar-refractivity contribution is 7.99. The van der Waals surface area contributed by atoms with E-state index < -0.39 is 0 Å². The van der Waals surface area contributed by atoms with E-state index in [0.717, 1.165) is 19.1 Å². The average molecular weight is 250 g/mol. The molecule has 2 rings (SSSR count). The van der Waals surface area contributed by atoms with E-state index in [0.29, 0.717) is 0 Å². The number of hydrogen-bond acceptors (Lipinski definition) is 3. The molecule has 3 heteroatoms. The quantitative estimate of drug-likeness (QED) is 0.884. The number of aryl methyl sites for hydroxylation is 1. The molecule has 1 saturated heterocycles. The largest absolute Gasteiger partial charge is 0.384 e. The van der Waals surface area contributed by atoms with Gasteiger partial charge in [-0.3, -0.25) is 4.90 Å². The number of hydrogen-bond donors (Lipinski definition) is 1. The first-order valence-electron chi connectivity index (χ1n) is 6.38. The Hall–Kier alpha value is -0.670. The first-order chi connectivity index (χ1) is 8.27. The number of nitrogens with one attached hydrogen (secondary N) is 1. The predicted octanol–water partition coefficient (Wildman–Crippen LogP) is 2.84. The van der Waals surface area contributed by atoms with E-state index in [1.807, 2.05) is 0 Å². The number of benzene rings is 1. The van der Waals surface area contributed by atoms with E-state index in [9.17, 15) is 0 Å². The zero-order chi connectivity index (χ0) is 12.1. The van der Waals surface area contributed by atoms with Gasteiger partial charge in [0, 0.05) is 42.9 Å². The second-order valence-corrected chi connectivity index (χ2v) is 5.85. The molecule has 1 aliphatic heterocycles. The Kier molecular flexibility index (Phi) is 4.75. The van der Waals surface area contributed by atoms with Gasteiger partial charge in [-0.15, -0.1) is 0 Å². The van der Waals surface area contributed by atoms with Crippen molar-refractivity contribution >= 4 is 17.4 Å². The van der Waals surface area contributed by atoms with Crippen LogP contribution in [0.2, 0.25) is 0 Å². The molecule has 2 nitrogen and oxygen atoms in total. The molecule has 0 saturated carbocycles. The third kappa shape index (κ3) is 3.65. The van der Waals surface area contributed by atoms with Gasteiger partial charge in [0.25, 0.3) is 0 Å². The summed E-state index contributed by atoms with van der Waals surface area (Å²) in [7, 11) is 0. The summed E-state index contributed by atoms with van der Waals surface area (Å²) in [6.07, 6.45) is 0. The van der Waals surface area contributed by atoms with Crippen molar-refractivity contribution in [2.24, 2.45) is 0 Å². The van der Waals surface area contributed by atoms with Crippen LogP contribution in [0, 0.1) is 6.92 Å². The highest BCUT2D eigenvalue weighted by Gasteiger charge is 2.17. The third-order valence-electron chi connectivity index (χ3n) is 3.36. The Bertz CT molecular complexity index is 354. The van der Waals surface area contributed by atoms with Gasteiger partial charge in [0.2, 0.25) is 0 Å². The van der Waals surface area contributed by atoms with E-state index in [-0.39, 0.29) is 0 Å². The maximum atomic E-state index is 3.53. The number of rotatable bonds is 4. The molecule has 17 heavy (non-hydrogen) atoms. The van der Waals surface area contributed by atoms with Gasteiger partial charge in [-0.1, -0.05) is 18.2 Å². The predicted molar refractivity (Wildman–Crippen MR) is 78.0 cm³/mol. The van der Waals surface area contributed by atoms with Crippen molar-refractivity contribution in [2.75, 3.05) is 36.5 Å². The SMILES string of the molecule is Cc1ccccc1NCCN1CCSCC1C. The van der Waals surface area contributed by atoms with Crippen molar-refractivity contribution < 1.29 is 0 Å². The summed E-state index contributed by atoms with van der Waals surface area (Å²) < 4.78 is 0. The molecule has 0 spiro atoms. The second-order valence-electron chi connectivity index (χ2n) is 4.70. The van der Waals surface area contributed by atoms with Crippen LogP contribution in [0.5, 0.6) is 0 Å². The van der Waals surface area contributed by atoms with Crippen molar-refractivity contribution in [3.63, 3.8) is 0 Å². The lowest BCUT2D eigenvalue weighted by Crippen LogP contribution is -2.42. The summed E-state index contributed by atoms with van der Waals surface area (Å²) in [5.74, 6) is 2.57. The van der Waals surface area contributed by atoms with Gasteiger partial charge in [-0.2, -0.15) is 11.8 Å². The Morgan fingerprint density at radius 2 is 2.24 bits per heavy atom. The second kappa shape index (κ2) is 6.31. The van der Waals surface area contributed by atoms with Crippen LogP contribution in [-0.2, 0) is 0 Å². The van der Waals surface area contributed by atoms with Gasteiger partial charge in [0.05, 0.1) is 0 Å². The summed E-state index contributed by atoms with van der Waals surface area (Å²) in [6.45, 7) is 7.92. The minimum atomic E-state index is 0.729. The molecule has 0 aliphatic carbocycles. The normalized spacial score (nSPS) is 21.4. The van der Waals surface area contributed by atoms with Crippen LogP contribution >= 0.6 is 11.8 Å². The fourth-order valence-electron chi connectivity index (χ4n) is 2.20. The summed E-state index contributed by atoms with van der Waals surface area (Å²) in [5, 5.41) is 3.53. The topological polar surface area (TPSA) is 15.3 Å². The van der Waals surface area contributed by atoms with Gasteiger partial charge in [-0.05, 0) is 25.5 Å². The maximum absolute atomic E-state index is 3.53.